The molecule has 0 radical (unpaired) electrons. The Balaban J connectivity index is 0.000000254. The van der Waals surface area contributed by atoms with Gasteiger partial charge in [0.05, 0.1) is 14.2 Å². The van der Waals surface area contributed by atoms with Crippen molar-refractivity contribution in [1.29, 1.82) is 0 Å². The van der Waals surface area contributed by atoms with Crippen LogP contribution in [0.25, 0.3) is 0 Å². The molecule has 26 heavy (non-hydrogen) atoms. The van der Waals surface area contributed by atoms with Crippen LogP contribution in [0.3, 0.4) is 0 Å². The molecule has 5 nitrogen and oxygen atoms in total. The summed E-state index contributed by atoms with van der Waals surface area (Å²) in [6.07, 6.45) is 6.29. The Labute approximate surface area is 156 Å². The van der Waals surface area contributed by atoms with Crippen molar-refractivity contribution in [3.63, 3.8) is 0 Å². The van der Waals surface area contributed by atoms with E-state index in [1.54, 1.807) is 25.3 Å². The predicted molar refractivity (Wildman–Crippen MR) is 105 cm³/mol. The van der Waals surface area contributed by atoms with Crippen LogP contribution in [0.5, 0.6) is 11.5 Å². The van der Waals surface area contributed by atoms with Gasteiger partial charge in [-0.3, -0.25) is 9.69 Å². The van der Waals surface area contributed by atoms with E-state index in [1.165, 1.54) is 11.1 Å². The molecule has 2 heterocycles. The fraction of sp³-hybridized carbons (Fsp3) is 0.476. The van der Waals surface area contributed by atoms with Crippen molar-refractivity contribution in [1.82, 2.24) is 9.80 Å². The highest BCUT2D eigenvalue weighted by molar-refractivity contribution is 5.78. The fourth-order valence-electron chi connectivity index (χ4n) is 3.47. The lowest BCUT2D eigenvalue weighted by atomic mass is 9.93. The largest absolute Gasteiger partial charge is 0.493 e. The summed E-state index contributed by atoms with van der Waals surface area (Å²) in [7, 11) is 3.36. The Kier molecular flexibility index (Phi) is 7.27. The normalized spacial score (nSPS) is 19.3. The Hall–Kier alpha value is -2.27. The quantitative estimate of drug-likeness (QED) is 0.755. The topological polar surface area (TPSA) is 42.0 Å². The van der Waals surface area contributed by atoms with E-state index in [0.717, 1.165) is 44.0 Å². The maximum atomic E-state index is 10.7. The molecule has 1 aromatic rings. The van der Waals surface area contributed by atoms with E-state index < -0.39 is 0 Å². The summed E-state index contributed by atoms with van der Waals surface area (Å²) in [5, 5.41) is 0. The summed E-state index contributed by atoms with van der Waals surface area (Å²) in [5.74, 6) is 1.84. The average Bonchev–Trinajstić information content (AvgIpc) is 3.08. The first-order valence-electron chi connectivity index (χ1n) is 9.07. The van der Waals surface area contributed by atoms with Crippen molar-refractivity contribution >= 4 is 5.91 Å². The van der Waals surface area contributed by atoms with Crippen LogP contribution < -0.4 is 9.47 Å². The molecule has 0 N–H and O–H groups in total. The van der Waals surface area contributed by atoms with E-state index >= 15 is 0 Å². The lowest BCUT2D eigenvalue weighted by molar-refractivity contribution is -0.125. The number of amides is 1. The number of ether oxygens (including phenoxy) is 2. The van der Waals surface area contributed by atoms with E-state index in [2.05, 4.69) is 37.1 Å². The number of carbonyl (C=O) groups is 1. The predicted octanol–water partition coefficient (Wildman–Crippen LogP) is 3.56. The third-order valence-corrected chi connectivity index (χ3v) is 5.01. The van der Waals surface area contributed by atoms with E-state index in [1.807, 2.05) is 6.08 Å². The molecule has 1 aromatic carbocycles. The molecule has 0 aliphatic carbocycles. The Morgan fingerprint density at radius 3 is 2.35 bits per heavy atom. The average molecular weight is 358 g/mol. The smallest absolute Gasteiger partial charge is 0.226 e. The molecule has 0 saturated carbocycles. The lowest BCUT2D eigenvalue weighted by Crippen LogP contribution is -2.34. The van der Waals surface area contributed by atoms with Crippen LogP contribution in [0.1, 0.15) is 36.9 Å². The van der Waals surface area contributed by atoms with Gasteiger partial charge in [0.25, 0.3) is 0 Å². The molecule has 0 aromatic heterocycles. The first-order chi connectivity index (χ1) is 12.5. The number of rotatable bonds is 5. The number of nitrogens with zero attached hydrogens (tertiary/aromatic N) is 2. The maximum Gasteiger partial charge on any atom is 0.226 e. The van der Waals surface area contributed by atoms with E-state index in [4.69, 9.17) is 9.47 Å². The molecule has 3 rings (SSSR count). The van der Waals surface area contributed by atoms with Crippen LogP contribution in [0, 0.1) is 0 Å². The van der Waals surface area contributed by atoms with Crippen LogP contribution in [0.2, 0.25) is 0 Å². The minimum atomic E-state index is 0.208. The Morgan fingerprint density at radius 1 is 1.15 bits per heavy atom. The minimum absolute atomic E-state index is 0.208. The van der Waals surface area contributed by atoms with Crippen molar-refractivity contribution in [3.05, 3.63) is 48.7 Å². The number of likely N-dealkylation sites (tertiary alicyclic amines) is 1. The number of carbonyl (C=O) groups excluding carboxylic acids is 1. The maximum absolute atomic E-state index is 10.7. The third-order valence-electron chi connectivity index (χ3n) is 5.01. The van der Waals surface area contributed by atoms with Crippen LogP contribution >= 0.6 is 0 Å². The zero-order chi connectivity index (χ0) is 19.1. The zero-order valence-electron chi connectivity index (χ0n) is 16.2. The van der Waals surface area contributed by atoms with E-state index in [-0.39, 0.29) is 5.91 Å². The molecule has 142 valence electrons. The monoisotopic (exact) mass is 358 g/mol. The van der Waals surface area contributed by atoms with Gasteiger partial charge in [0.15, 0.2) is 11.5 Å². The van der Waals surface area contributed by atoms with Crippen molar-refractivity contribution in [2.75, 3.05) is 33.9 Å². The van der Waals surface area contributed by atoms with Crippen LogP contribution in [0.4, 0.5) is 0 Å². The summed E-state index contributed by atoms with van der Waals surface area (Å²) < 4.78 is 10.7. The molecule has 1 fully saturated rings. The fourth-order valence-corrected chi connectivity index (χ4v) is 3.47. The number of methoxy groups -OCH3 is 2. The summed E-state index contributed by atoms with van der Waals surface area (Å²) in [6, 6.07) is 4.61. The van der Waals surface area contributed by atoms with Gasteiger partial charge in [-0.15, -0.1) is 6.58 Å². The SMILES string of the molecule is C=CCN1CCc2cc(OC)c(OC)cc2[C@@H]1C.C=CN1CCCC1=O. The van der Waals surface area contributed by atoms with Gasteiger partial charge >= 0.3 is 0 Å². The Bertz CT molecular complexity index is 657. The lowest BCUT2D eigenvalue weighted by Gasteiger charge is -2.35. The van der Waals surface area contributed by atoms with Crippen LogP contribution in [-0.4, -0.2) is 49.6 Å². The van der Waals surface area contributed by atoms with Crippen molar-refractivity contribution in [2.45, 2.75) is 32.2 Å². The number of fused-ring (bicyclic) bond motifs is 1. The van der Waals surface area contributed by atoms with Gasteiger partial charge < -0.3 is 14.4 Å². The summed E-state index contributed by atoms with van der Waals surface area (Å²) in [4.78, 5) is 14.7. The summed E-state index contributed by atoms with van der Waals surface area (Å²) >= 11 is 0. The van der Waals surface area contributed by atoms with Gasteiger partial charge in [-0.2, -0.15) is 0 Å². The first kappa shape index (κ1) is 20.0. The molecule has 5 heteroatoms. The summed E-state index contributed by atoms with van der Waals surface area (Å²) in [6.45, 7) is 12.4. The highest BCUT2D eigenvalue weighted by Gasteiger charge is 2.24. The van der Waals surface area contributed by atoms with Crippen LogP contribution in [-0.2, 0) is 11.2 Å². The molecule has 1 saturated heterocycles. The molecule has 1 amide bonds. The highest BCUT2D eigenvalue weighted by atomic mass is 16.5. The van der Waals surface area contributed by atoms with E-state index in [9.17, 15) is 4.79 Å². The van der Waals surface area contributed by atoms with Gasteiger partial charge in [-0.05, 0) is 49.2 Å². The second-order valence-electron chi connectivity index (χ2n) is 6.49. The van der Waals surface area contributed by atoms with Gasteiger partial charge in [0.1, 0.15) is 0 Å². The van der Waals surface area contributed by atoms with Gasteiger partial charge in [0, 0.05) is 32.1 Å². The number of hydrogen-bond acceptors (Lipinski definition) is 4. The molecule has 0 bridgehead atoms. The number of benzene rings is 1. The molecule has 1 atom stereocenters. The van der Waals surface area contributed by atoms with Gasteiger partial charge in [-0.1, -0.05) is 12.7 Å². The summed E-state index contributed by atoms with van der Waals surface area (Å²) in [5.41, 5.74) is 2.70. The molecular formula is C21H30N2O3. The van der Waals surface area contributed by atoms with E-state index in [0.29, 0.717) is 12.5 Å². The third kappa shape index (κ3) is 4.47. The van der Waals surface area contributed by atoms with Crippen molar-refractivity contribution < 1.29 is 14.3 Å². The molecular weight excluding hydrogens is 328 g/mol. The van der Waals surface area contributed by atoms with Crippen molar-refractivity contribution in [2.24, 2.45) is 0 Å². The molecule has 0 spiro atoms. The van der Waals surface area contributed by atoms with Gasteiger partial charge in [-0.25, -0.2) is 0 Å². The highest BCUT2D eigenvalue weighted by Crippen LogP contribution is 2.37. The minimum Gasteiger partial charge on any atom is -0.493 e. The Morgan fingerprint density at radius 2 is 1.85 bits per heavy atom. The van der Waals surface area contributed by atoms with Crippen molar-refractivity contribution in [3.8, 4) is 11.5 Å². The second-order valence-corrected chi connectivity index (χ2v) is 6.49. The standard InChI is InChI=1S/C15H21NO2.C6H9NO/c1-5-7-16-8-6-12-9-14(17-3)15(18-4)10-13(12)11(16)2;1-2-7-5-3-4-6(7)8/h5,9-11H,1,6-8H2,2-4H3;2H,1,3-5H2/t11-;/m0./s1. The first-order valence-corrected chi connectivity index (χ1v) is 9.07. The second kappa shape index (κ2) is 9.43. The van der Waals surface area contributed by atoms with Gasteiger partial charge in [0.2, 0.25) is 5.91 Å². The zero-order valence-corrected chi connectivity index (χ0v) is 16.2. The molecule has 2 aliphatic heterocycles. The number of hydrogen-bond donors (Lipinski definition) is 0. The molecule has 2 aliphatic rings. The van der Waals surface area contributed by atoms with Crippen LogP contribution in [0.15, 0.2) is 37.6 Å². The molecule has 0 unspecified atom stereocenters.